The number of hydrogen-bond acceptors (Lipinski definition) is 2. The van der Waals surface area contributed by atoms with Crippen LogP contribution in [0.3, 0.4) is 0 Å². The molecular weight excluding hydrogens is 168 g/mol. The third-order valence-corrected chi connectivity index (χ3v) is 3.00. The van der Waals surface area contributed by atoms with E-state index in [1.807, 2.05) is 0 Å². The second-order valence-corrected chi connectivity index (χ2v) is 3.90. The van der Waals surface area contributed by atoms with Crippen LogP contribution in [0, 0.1) is 5.21 Å². The largest absolute Gasteiger partial charge is 0.623 e. The molecule has 1 saturated carbocycles. The Labute approximate surface area is 77.4 Å². The molecule has 1 aliphatic carbocycles. The molecule has 1 fully saturated rings. The number of hydroxylamine groups is 2. The minimum atomic E-state index is -0.0382. The fourth-order valence-corrected chi connectivity index (χ4v) is 2.28. The molecule has 4 heteroatoms. The SMILES string of the molecule is CC1=[N+]([O-])[C@@H]2CCCC[C@@H]2[N+](O)=C1. The summed E-state index contributed by atoms with van der Waals surface area (Å²) in [4.78, 5) is 0. The molecule has 1 aliphatic heterocycles. The molecule has 1 heterocycles. The van der Waals surface area contributed by atoms with E-state index in [-0.39, 0.29) is 12.1 Å². The van der Waals surface area contributed by atoms with Gasteiger partial charge in [-0.25, -0.2) is 0 Å². The summed E-state index contributed by atoms with van der Waals surface area (Å²) in [6, 6.07) is -0.0290. The van der Waals surface area contributed by atoms with Crippen LogP contribution in [0.4, 0.5) is 0 Å². The van der Waals surface area contributed by atoms with E-state index < -0.39 is 0 Å². The molecule has 2 atom stereocenters. The summed E-state index contributed by atoms with van der Waals surface area (Å²) in [5, 5.41) is 21.2. The van der Waals surface area contributed by atoms with E-state index in [9.17, 15) is 10.4 Å². The zero-order chi connectivity index (χ0) is 9.42. The Morgan fingerprint density at radius 1 is 1.38 bits per heavy atom. The molecule has 13 heavy (non-hydrogen) atoms. The maximum absolute atomic E-state index is 11.6. The summed E-state index contributed by atoms with van der Waals surface area (Å²) in [5.41, 5.74) is 0.602. The lowest BCUT2D eigenvalue weighted by Gasteiger charge is -2.27. The van der Waals surface area contributed by atoms with E-state index in [1.54, 1.807) is 6.92 Å². The van der Waals surface area contributed by atoms with Crippen molar-refractivity contribution < 1.29 is 14.7 Å². The smallest absolute Gasteiger partial charge is 0.282 e. The summed E-state index contributed by atoms with van der Waals surface area (Å²) in [5.74, 6) is 0. The van der Waals surface area contributed by atoms with E-state index in [2.05, 4.69) is 0 Å². The molecule has 0 aromatic carbocycles. The zero-order valence-corrected chi connectivity index (χ0v) is 7.81. The van der Waals surface area contributed by atoms with Gasteiger partial charge in [0.1, 0.15) is 0 Å². The lowest BCUT2D eigenvalue weighted by Crippen LogP contribution is -2.50. The highest BCUT2D eigenvalue weighted by molar-refractivity contribution is 6.25. The van der Waals surface area contributed by atoms with Crippen molar-refractivity contribution in [3.63, 3.8) is 0 Å². The number of fused-ring (bicyclic) bond motifs is 1. The summed E-state index contributed by atoms with van der Waals surface area (Å²) < 4.78 is 2.27. The summed E-state index contributed by atoms with van der Waals surface area (Å²) in [6.07, 6.45) is 5.56. The van der Waals surface area contributed by atoms with Gasteiger partial charge in [0.2, 0.25) is 6.04 Å². The maximum atomic E-state index is 11.6. The molecule has 0 saturated heterocycles. The zero-order valence-electron chi connectivity index (χ0n) is 7.81. The normalized spacial score (nSPS) is 34.1. The molecule has 1 N–H and O–H groups in total. The molecule has 0 spiro atoms. The van der Waals surface area contributed by atoms with E-state index in [0.717, 1.165) is 30.4 Å². The Morgan fingerprint density at radius 3 is 2.69 bits per heavy atom. The van der Waals surface area contributed by atoms with Crippen molar-refractivity contribution in [2.45, 2.75) is 44.7 Å². The summed E-state index contributed by atoms with van der Waals surface area (Å²) in [6.45, 7) is 1.74. The van der Waals surface area contributed by atoms with Gasteiger partial charge in [-0.15, -0.1) is 0 Å². The Balaban J connectivity index is 2.31. The van der Waals surface area contributed by atoms with Crippen molar-refractivity contribution in [2.75, 3.05) is 0 Å². The van der Waals surface area contributed by atoms with Crippen LogP contribution < -0.4 is 0 Å². The second kappa shape index (κ2) is 3.01. The molecule has 2 rings (SSSR count). The first kappa shape index (κ1) is 8.53. The minimum Gasteiger partial charge on any atom is -0.623 e. The van der Waals surface area contributed by atoms with Gasteiger partial charge in [0.05, 0.1) is 0 Å². The lowest BCUT2D eigenvalue weighted by atomic mass is 9.90. The van der Waals surface area contributed by atoms with Crippen LogP contribution in [-0.2, 0) is 0 Å². The average molecular weight is 183 g/mol. The molecule has 0 aromatic heterocycles. The predicted octanol–water partition coefficient (Wildman–Crippen LogP) is 0.755. The Kier molecular flexibility index (Phi) is 1.98. The summed E-state index contributed by atoms with van der Waals surface area (Å²) in [7, 11) is 0. The highest BCUT2D eigenvalue weighted by Gasteiger charge is 2.44. The molecule has 72 valence electrons. The molecule has 0 aromatic rings. The number of nitrogens with zero attached hydrogens (tertiary/aromatic N) is 2. The van der Waals surface area contributed by atoms with Gasteiger partial charge in [0.25, 0.3) is 18.0 Å². The summed E-state index contributed by atoms with van der Waals surface area (Å²) >= 11 is 0. The fourth-order valence-electron chi connectivity index (χ4n) is 2.28. The van der Waals surface area contributed by atoms with E-state index in [0.29, 0.717) is 5.71 Å². The quantitative estimate of drug-likeness (QED) is 0.342. The second-order valence-electron chi connectivity index (χ2n) is 3.90. The van der Waals surface area contributed by atoms with E-state index >= 15 is 0 Å². The Morgan fingerprint density at radius 2 is 2.00 bits per heavy atom. The van der Waals surface area contributed by atoms with E-state index in [4.69, 9.17) is 0 Å². The molecule has 4 nitrogen and oxygen atoms in total. The maximum Gasteiger partial charge on any atom is 0.282 e. The minimum absolute atomic E-state index is 0.00921. The first-order chi connectivity index (χ1) is 6.20. The average Bonchev–Trinajstić information content (AvgIpc) is 2.15. The molecule has 0 unspecified atom stereocenters. The molecule has 0 radical (unpaired) electrons. The van der Waals surface area contributed by atoms with Crippen LogP contribution in [0.25, 0.3) is 0 Å². The van der Waals surface area contributed by atoms with Gasteiger partial charge in [0, 0.05) is 19.8 Å². The van der Waals surface area contributed by atoms with Gasteiger partial charge >= 0.3 is 0 Å². The van der Waals surface area contributed by atoms with Crippen molar-refractivity contribution in [1.82, 2.24) is 0 Å². The van der Waals surface area contributed by atoms with Crippen LogP contribution in [0.15, 0.2) is 0 Å². The third-order valence-electron chi connectivity index (χ3n) is 3.00. The van der Waals surface area contributed by atoms with Gasteiger partial charge in [-0.2, -0.15) is 4.74 Å². The fraction of sp³-hybridized carbons (Fsp3) is 0.778. The van der Waals surface area contributed by atoms with Gasteiger partial charge in [-0.1, -0.05) is 0 Å². The van der Waals surface area contributed by atoms with Gasteiger partial charge in [0.15, 0.2) is 0 Å². The van der Waals surface area contributed by atoms with Gasteiger partial charge in [-0.05, 0) is 17.6 Å². The van der Waals surface area contributed by atoms with Crippen LogP contribution in [0.2, 0.25) is 0 Å². The predicted molar refractivity (Wildman–Crippen MR) is 48.5 cm³/mol. The van der Waals surface area contributed by atoms with Crippen LogP contribution >= 0.6 is 0 Å². The molecule has 2 aliphatic rings. The van der Waals surface area contributed by atoms with Crippen molar-refractivity contribution in [3.05, 3.63) is 5.21 Å². The van der Waals surface area contributed by atoms with Crippen molar-refractivity contribution in [2.24, 2.45) is 0 Å². The molecule has 0 bridgehead atoms. The monoisotopic (exact) mass is 183 g/mol. The van der Waals surface area contributed by atoms with Gasteiger partial charge < -0.3 is 5.21 Å². The molecular formula is C9H15N2O2+. The number of hydrogen-bond donors (Lipinski definition) is 1. The van der Waals surface area contributed by atoms with Crippen LogP contribution in [0.1, 0.15) is 32.6 Å². The highest BCUT2D eigenvalue weighted by Crippen LogP contribution is 2.24. The first-order valence-electron chi connectivity index (χ1n) is 4.82. The standard InChI is InChI=1S/C9H15N2O2/c1-7-6-10(12)8-4-2-3-5-9(8)11(7)13/h6,8-9,12H,2-5H2,1H3/q+1/t8-,9+/m0/s1. The van der Waals surface area contributed by atoms with Crippen molar-refractivity contribution in [3.8, 4) is 0 Å². The third kappa shape index (κ3) is 1.30. The lowest BCUT2D eigenvalue weighted by molar-refractivity contribution is -0.819. The van der Waals surface area contributed by atoms with Crippen LogP contribution in [-0.4, -0.2) is 38.7 Å². The Hall–Kier alpha value is -1.06. The topological polar surface area (TPSA) is 49.3 Å². The van der Waals surface area contributed by atoms with Gasteiger partial charge in [-0.3, -0.25) is 5.21 Å². The highest BCUT2D eigenvalue weighted by atomic mass is 16.5. The molecule has 0 amide bonds. The number of rotatable bonds is 0. The first-order valence-corrected chi connectivity index (χ1v) is 4.82. The Bertz CT molecular complexity index is 283. The van der Waals surface area contributed by atoms with Crippen molar-refractivity contribution >= 4 is 11.9 Å². The van der Waals surface area contributed by atoms with Crippen LogP contribution in [0.5, 0.6) is 0 Å². The van der Waals surface area contributed by atoms with Crippen molar-refractivity contribution in [1.29, 1.82) is 0 Å². The van der Waals surface area contributed by atoms with E-state index in [1.165, 1.54) is 11.0 Å².